The van der Waals surface area contributed by atoms with E-state index in [0.717, 1.165) is 12.8 Å². The molecule has 0 spiro atoms. The minimum absolute atomic E-state index is 0.0274. The number of fused-ring (bicyclic) bond motifs is 1. The van der Waals surface area contributed by atoms with E-state index in [4.69, 9.17) is 9.47 Å². The normalized spacial score (nSPS) is 13.0. The maximum absolute atomic E-state index is 12.7. The van der Waals surface area contributed by atoms with E-state index in [-0.39, 0.29) is 5.78 Å². The van der Waals surface area contributed by atoms with Crippen molar-refractivity contribution >= 4 is 5.78 Å². The standard InChI is InChI=1S/C18H18O3/c1-2-4-13-7-9-14(10-8-13)17(19)15-5-3-6-16-18(15)21-12-11-20-16/h3,5-10H,2,4,11-12H2,1H3. The molecular formula is C18H18O3. The summed E-state index contributed by atoms with van der Waals surface area (Å²) < 4.78 is 11.1. The van der Waals surface area contributed by atoms with Gasteiger partial charge in [-0.25, -0.2) is 0 Å². The lowest BCUT2D eigenvalue weighted by molar-refractivity contribution is 0.102. The molecule has 3 rings (SSSR count). The Hall–Kier alpha value is -2.29. The van der Waals surface area contributed by atoms with E-state index < -0.39 is 0 Å². The summed E-state index contributed by atoms with van der Waals surface area (Å²) in [5, 5.41) is 0. The van der Waals surface area contributed by atoms with Crippen LogP contribution in [0.2, 0.25) is 0 Å². The molecule has 0 saturated heterocycles. The zero-order valence-electron chi connectivity index (χ0n) is 12.1. The third-order valence-corrected chi connectivity index (χ3v) is 3.57. The van der Waals surface area contributed by atoms with Crippen LogP contribution in [0.15, 0.2) is 42.5 Å². The fraction of sp³-hybridized carbons (Fsp3) is 0.278. The maximum Gasteiger partial charge on any atom is 0.196 e. The third-order valence-electron chi connectivity index (χ3n) is 3.57. The predicted molar refractivity (Wildman–Crippen MR) is 81.3 cm³/mol. The topological polar surface area (TPSA) is 35.5 Å². The maximum atomic E-state index is 12.7. The van der Waals surface area contributed by atoms with Gasteiger partial charge < -0.3 is 9.47 Å². The van der Waals surface area contributed by atoms with Crippen molar-refractivity contribution in [3.05, 3.63) is 59.2 Å². The summed E-state index contributed by atoms with van der Waals surface area (Å²) in [7, 11) is 0. The molecule has 1 heterocycles. The highest BCUT2D eigenvalue weighted by Crippen LogP contribution is 2.34. The highest BCUT2D eigenvalue weighted by molar-refractivity contribution is 6.11. The van der Waals surface area contributed by atoms with Crippen LogP contribution in [0.1, 0.15) is 34.8 Å². The number of ketones is 1. The SMILES string of the molecule is CCCc1ccc(C(=O)c2cccc3c2OCCO3)cc1. The van der Waals surface area contributed by atoms with E-state index >= 15 is 0 Å². The van der Waals surface area contributed by atoms with Gasteiger partial charge in [-0.15, -0.1) is 0 Å². The summed E-state index contributed by atoms with van der Waals surface area (Å²) in [6, 6.07) is 13.2. The summed E-state index contributed by atoms with van der Waals surface area (Å²) in [5.41, 5.74) is 2.50. The largest absolute Gasteiger partial charge is 0.486 e. The molecule has 0 amide bonds. The number of carbonyl (C=O) groups excluding carboxylic acids is 1. The molecule has 0 fully saturated rings. The molecule has 0 unspecified atom stereocenters. The molecule has 0 bridgehead atoms. The van der Waals surface area contributed by atoms with E-state index in [0.29, 0.717) is 35.8 Å². The lowest BCUT2D eigenvalue weighted by atomic mass is 9.99. The highest BCUT2D eigenvalue weighted by Gasteiger charge is 2.21. The molecule has 1 aliphatic rings. The zero-order valence-corrected chi connectivity index (χ0v) is 12.1. The zero-order chi connectivity index (χ0) is 14.7. The highest BCUT2D eigenvalue weighted by atomic mass is 16.6. The van der Waals surface area contributed by atoms with E-state index in [9.17, 15) is 4.79 Å². The first-order valence-corrected chi connectivity index (χ1v) is 7.32. The second-order valence-corrected chi connectivity index (χ2v) is 5.11. The molecule has 0 aromatic heterocycles. The van der Waals surface area contributed by atoms with Crippen LogP contribution >= 0.6 is 0 Å². The van der Waals surface area contributed by atoms with E-state index in [2.05, 4.69) is 6.92 Å². The molecule has 21 heavy (non-hydrogen) atoms. The number of rotatable bonds is 4. The Bertz CT molecular complexity index is 644. The molecule has 0 atom stereocenters. The quantitative estimate of drug-likeness (QED) is 0.803. The van der Waals surface area contributed by atoms with Gasteiger partial charge in [-0.2, -0.15) is 0 Å². The van der Waals surface area contributed by atoms with Crippen LogP contribution in [0, 0.1) is 0 Å². The third kappa shape index (κ3) is 2.77. The first kappa shape index (κ1) is 13.7. The van der Waals surface area contributed by atoms with Crippen molar-refractivity contribution < 1.29 is 14.3 Å². The van der Waals surface area contributed by atoms with E-state index in [1.54, 1.807) is 6.07 Å². The molecule has 3 nitrogen and oxygen atoms in total. The second-order valence-electron chi connectivity index (χ2n) is 5.11. The number of hydrogen-bond donors (Lipinski definition) is 0. The number of carbonyl (C=O) groups is 1. The van der Waals surface area contributed by atoms with Crippen molar-refractivity contribution in [2.75, 3.05) is 13.2 Å². The van der Waals surface area contributed by atoms with Gasteiger partial charge in [0.15, 0.2) is 17.3 Å². The Morgan fingerprint density at radius 3 is 2.57 bits per heavy atom. The fourth-order valence-electron chi connectivity index (χ4n) is 2.52. The van der Waals surface area contributed by atoms with Crippen LogP contribution in [0.3, 0.4) is 0 Å². The van der Waals surface area contributed by atoms with Crippen LogP contribution in [0.5, 0.6) is 11.5 Å². The Kier molecular flexibility index (Phi) is 3.91. The summed E-state index contributed by atoms with van der Waals surface area (Å²) in [6.45, 7) is 3.15. The Balaban J connectivity index is 1.91. The van der Waals surface area contributed by atoms with Crippen molar-refractivity contribution in [3.8, 4) is 11.5 Å². The van der Waals surface area contributed by atoms with E-state index in [1.165, 1.54) is 5.56 Å². The second kappa shape index (κ2) is 6.00. The number of ether oxygens (including phenoxy) is 2. The van der Waals surface area contributed by atoms with Gasteiger partial charge in [-0.1, -0.05) is 43.7 Å². The summed E-state index contributed by atoms with van der Waals surface area (Å²) in [6.07, 6.45) is 2.14. The Morgan fingerprint density at radius 2 is 1.81 bits per heavy atom. The Morgan fingerprint density at radius 1 is 1.05 bits per heavy atom. The van der Waals surface area contributed by atoms with Crippen LogP contribution in [0.25, 0.3) is 0 Å². The number of aryl methyl sites for hydroxylation is 1. The van der Waals surface area contributed by atoms with Crippen molar-refractivity contribution in [1.29, 1.82) is 0 Å². The minimum atomic E-state index is -0.0274. The first-order valence-electron chi connectivity index (χ1n) is 7.32. The first-order chi connectivity index (χ1) is 10.3. The number of para-hydroxylation sites is 1. The van der Waals surface area contributed by atoms with Gasteiger partial charge in [0.1, 0.15) is 13.2 Å². The fourth-order valence-corrected chi connectivity index (χ4v) is 2.52. The van der Waals surface area contributed by atoms with Gasteiger partial charge >= 0.3 is 0 Å². The van der Waals surface area contributed by atoms with Crippen molar-refractivity contribution in [2.45, 2.75) is 19.8 Å². The lowest BCUT2D eigenvalue weighted by Gasteiger charge is -2.20. The lowest BCUT2D eigenvalue weighted by Crippen LogP contribution is -2.18. The van der Waals surface area contributed by atoms with Gasteiger partial charge in [0, 0.05) is 5.56 Å². The van der Waals surface area contributed by atoms with Crippen LogP contribution in [-0.2, 0) is 6.42 Å². The molecule has 1 aliphatic heterocycles. The Labute approximate surface area is 124 Å². The molecule has 3 heteroatoms. The van der Waals surface area contributed by atoms with Gasteiger partial charge in [-0.3, -0.25) is 4.79 Å². The number of hydrogen-bond acceptors (Lipinski definition) is 3. The molecule has 0 N–H and O–H groups in total. The average Bonchev–Trinajstić information content (AvgIpc) is 2.55. The smallest absolute Gasteiger partial charge is 0.196 e. The van der Waals surface area contributed by atoms with Gasteiger partial charge in [0.05, 0.1) is 5.56 Å². The van der Waals surface area contributed by atoms with Crippen molar-refractivity contribution in [2.24, 2.45) is 0 Å². The summed E-state index contributed by atoms with van der Waals surface area (Å²) >= 11 is 0. The van der Waals surface area contributed by atoms with Gasteiger partial charge in [0.25, 0.3) is 0 Å². The molecule has 0 radical (unpaired) electrons. The van der Waals surface area contributed by atoms with E-state index in [1.807, 2.05) is 36.4 Å². The molecule has 108 valence electrons. The van der Waals surface area contributed by atoms with Crippen molar-refractivity contribution in [1.82, 2.24) is 0 Å². The van der Waals surface area contributed by atoms with Crippen LogP contribution < -0.4 is 9.47 Å². The average molecular weight is 282 g/mol. The van der Waals surface area contributed by atoms with Crippen molar-refractivity contribution in [3.63, 3.8) is 0 Å². The summed E-state index contributed by atoms with van der Waals surface area (Å²) in [5.74, 6) is 1.18. The summed E-state index contributed by atoms with van der Waals surface area (Å²) in [4.78, 5) is 12.7. The van der Waals surface area contributed by atoms with Gasteiger partial charge in [-0.05, 0) is 24.1 Å². The van der Waals surface area contributed by atoms with Crippen LogP contribution in [-0.4, -0.2) is 19.0 Å². The van der Waals surface area contributed by atoms with Gasteiger partial charge in [0.2, 0.25) is 0 Å². The van der Waals surface area contributed by atoms with Crippen LogP contribution in [0.4, 0.5) is 0 Å². The molecule has 2 aromatic rings. The molecule has 0 saturated carbocycles. The molecule has 2 aromatic carbocycles. The molecule has 0 aliphatic carbocycles. The molecular weight excluding hydrogens is 264 g/mol. The number of benzene rings is 2. The monoisotopic (exact) mass is 282 g/mol. The predicted octanol–water partition coefficient (Wildman–Crippen LogP) is 3.64. The minimum Gasteiger partial charge on any atom is -0.486 e.